The van der Waals surface area contributed by atoms with Gasteiger partial charge in [-0.1, -0.05) is 42.1 Å². The molecule has 4 heterocycles. The molecule has 7 rings (SSSR count). The number of carbonyl (C=O) groups excluding carboxylic acids is 1. The summed E-state index contributed by atoms with van der Waals surface area (Å²) >= 11 is 1.44. The maximum absolute atomic E-state index is 15.7. The van der Waals surface area contributed by atoms with Gasteiger partial charge in [-0.3, -0.25) is 9.59 Å². The molecule has 2 aromatic heterocycles. The van der Waals surface area contributed by atoms with Gasteiger partial charge in [0.05, 0.1) is 33.5 Å². The second-order valence-corrected chi connectivity index (χ2v) is 11.5. The zero-order valence-corrected chi connectivity index (χ0v) is 23.7. The van der Waals surface area contributed by atoms with Crippen molar-refractivity contribution in [2.75, 3.05) is 42.9 Å². The average molecular weight is 581 g/mol. The van der Waals surface area contributed by atoms with Crippen LogP contribution in [0, 0.1) is 5.82 Å². The molecule has 2 aliphatic rings. The van der Waals surface area contributed by atoms with Gasteiger partial charge in [-0.2, -0.15) is 0 Å². The quantitative estimate of drug-likeness (QED) is 0.260. The normalized spacial score (nSPS) is 14.2. The van der Waals surface area contributed by atoms with Crippen LogP contribution in [0.25, 0.3) is 16.6 Å². The minimum atomic E-state index is -0.503. The molecule has 0 aliphatic carbocycles. The molecule has 0 radical (unpaired) electrons. The number of fused-ring (bicyclic) bond motifs is 2. The van der Waals surface area contributed by atoms with Gasteiger partial charge in [0.25, 0.3) is 5.91 Å². The lowest BCUT2D eigenvalue weighted by atomic mass is 10.1. The van der Waals surface area contributed by atoms with Gasteiger partial charge >= 0.3 is 0 Å². The second kappa shape index (κ2) is 11.0. The van der Waals surface area contributed by atoms with Crippen LogP contribution in [0.3, 0.4) is 0 Å². The predicted octanol–water partition coefficient (Wildman–Crippen LogP) is 5.26. The lowest BCUT2D eigenvalue weighted by Gasteiger charge is -2.36. The largest absolute Gasteiger partial charge is 0.382 e. The van der Waals surface area contributed by atoms with E-state index in [1.807, 2.05) is 57.8 Å². The number of hydrogen-bond acceptors (Lipinski definition) is 6. The molecular weight excluding hydrogens is 551 g/mol. The van der Waals surface area contributed by atoms with Crippen LogP contribution in [0.4, 0.5) is 15.8 Å². The number of nitrogens with zero attached hydrogens (tertiary/aromatic N) is 5. The summed E-state index contributed by atoms with van der Waals surface area (Å²) in [6, 6.07) is 19.2. The molecule has 42 heavy (non-hydrogen) atoms. The Kier molecular flexibility index (Phi) is 6.91. The third-order valence-electron chi connectivity index (χ3n) is 7.91. The fourth-order valence-corrected chi connectivity index (χ4v) is 6.97. The number of halogens is 1. The minimum absolute atomic E-state index is 0.0590. The van der Waals surface area contributed by atoms with Gasteiger partial charge in [0.1, 0.15) is 11.4 Å². The van der Waals surface area contributed by atoms with Gasteiger partial charge in [-0.25, -0.2) is 9.37 Å². The Morgan fingerprint density at radius 1 is 1.02 bits per heavy atom. The molecule has 212 valence electrons. The molecule has 0 atom stereocenters. The van der Waals surface area contributed by atoms with E-state index in [0.717, 1.165) is 29.2 Å². The van der Waals surface area contributed by atoms with E-state index in [9.17, 15) is 9.59 Å². The zero-order valence-electron chi connectivity index (χ0n) is 22.9. The van der Waals surface area contributed by atoms with Gasteiger partial charge in [-0.15, -0.1) is 0 Å². The molecule has 0 bridgehead atoms. The molecule has 0 unspecified atom stereocenters. The third kappa shape index (κ3) is 4.71. The summed E-state index contributed by atoms with van der Waals surface area (Å²) in [5.41, 5.74) is 2.58. The van der Waals surface area contributed by atoms with Crippen molar-refractivity contribution in [3.05, 3.63) is 107 Å². The SMILES string of the molecule is O=C(c1cn2c3c(c(NCCCn4ccnc4)c(F)cc3c1=O)Sc1ccccc1-2)N1CCN(c2ccccc2)CC1. The Bertz CT molecular complexity index is 1830. The van der Waals surface area contributed by atoms with Gasteiger partial charge < -0.3 is 24.3 Å². The van der Waals surface area contributed by atoms with Gasteiger partial charge in [0, 0.05) is 68.4 Å². The summed E-state index contributed by atoms with van der Waals surface area (Å²) in [6.45, 7) is 3.64. The van der Waals surface area contributed by atoms with Gasteiger partial charge in [-0.05, 0) is 36.8 Å². The van der Waals surface area contributed by atoms with Gasteiger partial charge in [0.2, 0.25) is 5.43 Å². The maximum atomic E-state index is 15.7. The van der Waals surface area contributed by atoms with Crippen LogP contribution in [-0.2, 0) is 6.54 Å². The van der Waals surface area contributed by atoms with Crippen LogP contribution in [-0.4, -0.2) is 57.6 Å². The maximum Gasteiger partial charge on any atom is 0.259 e. The third-order valence-corrected chi connectivity index (χ3v) is 9.07. The Hall–Kier alpha value is -4.57. The number of hydrogen-bond donors (Lipinski definition) is 1. The van der Waals surface area contributed by atoms with Gasteiger partial charge in [0.15, 0.2) is 0 Å². The van der Waals surface area contributed by atoms with E-state index in [-0.39, 0.29) is 16.9 Å². The molecule has 3 aromatic carbocycles. The fourth-order valence-electron chi connectivity index (χ4n) is 5.76. The number of nitrogens with one attached hydrogen (secondary N) is 1. The van der Waals surface area contributed by atoms with Crippen LogP contribution in [0.1, 0.15) is 16.8 Å². The molecule has 0 saturated carbocycles. The number of anilines is 2. The van der Waals surface area contributed by atoms with Crippen molar-refractivity contribution in [1.82, 2.24) is 19.0 Å². The summed E-state index contributed by atoms with van der Waals surface area (Å²) in [4.78, 5) is 37.2. The van der Waals surface area contributed by atoms with E-state index in [1.54, 1.807) is 23.6 Å². The number of amides is 1. The van der Waals surface area contributed by atoms with Crippen molar-refractivity contribution < 1.29 is 9.18 Å². The second-order valence-electron chi connectivity index (χ2n) is 10.5. The van der Waals surface area contributed by atoms with E-state index in [2.05, 4.69) is 27.3 Å². The first-order chi connectivity index (χ1) is 20.6. The highest BCUT2D eigenvalue weighted by molar-refractivity contribution is 8.00. The predicted molar refractivity (Wildman–Crippen MR) is 164 cm³/mol. The van der Waals surface area contributed by atoms with Crippen molar-refractivity contribution in [2.45, 2.75) is 22.8 Å². The number of aryl methyl sites for hydroxylation is 1. The lowest BCUT2D eigenvalue weighted by molar-refractivity contribution is 0.0745. The van der Waals surface area contributed by atoms with E-state index >= 15 is 4.39 Å². The number of benzene rings is 3. The lowest BCUT2D eigenvalue weighted by Crippen LogP contribution is -2.49. The van der Waals surface area contributed by atoms with Crippen molar-refractivity contribution in [1.29, 1.82) is 0 Å². The minimum Gasteiger partial charge on any atom is -0.382 e. The Morgan fingerprint density at radius 2 is 1.81 bits per heavy atom. The molecule has 1 fully saturated rings. The Morgan fingerprint density at radius 3 is 2.60 bits per heavy atom. The monoisotopic (exact) mass is 580 g/mol. The molecule has 1 saturated heterocycles. The van der Waals surface area contributed by atoms with Crippen molar-refractivity contribution in [2.24, 2.45) is 0 Å². The summed E-state index contributed by atoms with van der Waals surface area (Å²) < 4.78 is 19.6. The number of rotatable bonds is 7. The van der Waals surface area contributed by atoms with Crippen molar-refractivity contribution in [3.63, 3.8) is 0 Å². The highest BCUT2D eigenvalue weighted by Gasteiger charge is 2.30. The number of pyridine rings is 1. The smallest absolute Gasteiger partial charge is 0.259 e. The van der Waals surface area contributed by atoms with Crippen LogP contribution in [0.5, 0.6) is 0 Å². The number of aromatic nitrogens is 3. The molecule has 0 spiro atoms. The standard InChI is InChI=1S/C32H29FN6O2S/c33-25-19-23-29-31(28(25)35-11-6-13-36-14-12-34-21-36)42-27-10-5-4-9-26(27)39(29)20-24(30(23)40)32(41)38-17-15-37(16-18-38)22-7-2-1-3-8-22/h1-5,7-10,12,14,19-21,35H,6,11,13,15-18H2. The van der Waals surface area contributed by atoms with Crippen LogP contribution in [0.2, 0.25) is 0 Å². The molecule has 1 amide bonds. The molecule has 8 nitrogen and oxygen atoms in total. The first kappa shape index (κ1) is 26.3. The molecule has 10 heteroatoms. The summed E-state index contributed by atoms with van der Waals surface area (Å²) in [5.74, 6) is -0.825. The fraction of sp³-hybridized carbons (Fsp3) is 0.219. The summed E-state index contributed by atoms with van der Waals surface area (Å²) in [6.07, 6.45) is 7.81. The van der Waals surface area contributed by atoms with E-state index in [1.165, 1.54) is 17.8 Å². The van der Waals surface area contributed by atoms with Crippen molar-refractivity contribution in [3.8, 4) is 5.69 Å². The van der Waals surface area contributed by atoms with Crippen LogP contribution >= 0.6 is 11.8 Å². The topological polar surface area (TPSA) is 75.4 Å². The van der Waals surface area contributed by atoms with Crippen LogP contribution < -0.4 is 15.6 Å². The number of para-hydroxylation sites is 2. The first-order valence-corrected chi connectivity index (χ1v) is 14.9. The zero-order chi connectivity index (χ0) is 28.6. The number of piperazine rings is 1. The summed E-state index contributed by atoms with van der Waals surface area (Å²) in [7, 11) is 0. The van der Waals surface area contributed by atoms with Crippen molar-refractivity contribution >= 4 is 39.9 Å². The molecular formula is C32H29FN6O2S. The van der Waals surface area contributed by atoms with E-state index in [4.69, 9.17) is 0 Å². The highest BCUT2D eigenvalue weighted by atomic mass is 32.2. The molecule has 1 N–H and O–H groups in total. The number of imidazole rings is 1. The van der Waals surface area contributed by atoms with E-state index < -0.39 is 11.2 Å². The molecule has 5 aromatic rings. The highest BCUT2D eigenvalue weighted by Crippen LogP contribution is 2.46. The molecule has 2 aliphatic heterocycles. The average Bonchev–Trinajstić information content (AvgIpc) is 3.55. The summed E-state index contributed by atoms with van der Waals surface area (Å²) in [5, 5.41) is 3.49. The van der Waals surface area contributed by atoms with Crippen LogP contribution in [0.15, 0.2) is 100 Å². The Labute approximate surface area is 246 Å². The number of carbonyl (C=O) groups is 1. The van der Waals surface area contributed by atoms with E-state index in [0.29, 0.717) is 48.8 Å². The first-order valence-electron chi connectivity index (χ1n) is 14.1. The Balaban J connectivity index is 1.23.